The second kappa shape index (κ2) is 4.30. The third-order valence-corrected chi connectivity index (χ3v) is 5.64. The molecule has 4 aliphatic carbocycles. The lowest BCUT2D eigenvalue weighted by Crippen LogP contribution is -2.46. The summed E-state index contributed by atoms with van der Waals surface area (Å²) in [6, 6.07) is 0.644. The van der Waals surface area contributed by atoms with Gasteiger partial charge in [0, 0.05) is 0 Å². The maximum Gasteiger partial charge on any atom is 0.164 e. The van der Waals surface area contributed by atoms with Crippen molar-refractivity contribution in [1.82, 2.24) is 20.1 Å². The van der Waals surface area contributed by atoms with Crippen LogP contribution >= 0.6 is 0 Å². The lowest BCUT2D eigenvalue weighted by molar-refractivity contribution is -0.0346. The molecule has 4 fully saturated rings. The highest BCUT2D eigenvalue weighted by Crippen LogP contribution is 2.58. The molecule has 4 bridgehead atoms. The predicted octanol–water partition coefficient (Wildman–Crippen LogP) is 2.30. The van der Waals surface area contributed by atoms with Crippen LogP contribution in [0.3, 0.4) is 0 Å². The molecule has 19 heavy (non-hydrogen) atoms. The van der Waals surface area contributed by atoms with E-state index in [-0.39, 0.29) is 0 Å². The standard InChI is InChI=1S/C15H24N4/c1-9-17-14(8-16-2)18-19(9)15-12-4-10-3-11(6-12)7-13(15)5-10/h10-13,15-16H,3-8H2,1-2H3. The van der Waals surface area contributed by atoms with Crippen LogP contribution < -0.4 is 5.32 Å². The Labute approximate surface area is 115 Å². The predicted molar refractivity (Wildman–Crippen MR) is 73.6 cm³/mol. The quantitative estimate of drug-likeness (QED) is 0.907. The van der Waals surface area contributed by atoms with Crippen LogP contribution in [0.25, 0.3) is 0 Å². The van der Waals surface area contributed by atoms with Gasteiger partial charge in [-0.25, -0.2) is 9.67 Å². The van der Waals surface area contributed by atoms with Gasteiger partial charge in [0.15, 0.2) is 5.82 Å². The Bertz CT molecular complexity index is 450. The number of aromatic nitrogens is 3. The van der Waals surface area contributed by atoms with E-state index in [1.807, 2.05) is 7.05 Å². The molecule has 1 aromatic heterocycles. The zero-order valence-electron chi connectivity index (χ0n) is 12.0. The number of nitrogens with zero attached hydrogens (tertiary/aromatic N) is 3. The van der Waals surface area contributed by atoms with Gasteiger partial charge in [-0.05, 0) is 69.7 Å². The molecule has 4 heteroatoms. The van der Waals surface area contributed by atoms with Gasteiger partial charge in [0.25, 0.3) is 0 Å². The van der Waals surface area contributed by atoms with Gasteiger partial charge in [-0.2, -0.15) is 5.10 Å². The summed E-state index contributed by atoms with van der Waals surface area (Å²) < 4.78 is 2.28. The third kappa shape index (κ3) is 1.83. The summed E-state index contributed by atoms with van der Waals surface area (Å²) >= 11 is 0. The lowest BCUT2D eigenvalue weighted by Gasteiger charge is -2.54. The van der Waals surface area contributed by atoms with Crippen LogP contribution in [-0.2, 0) is 6.54 Å². The molecular weight excluding hydrogens is 236 g/mol. The summed E-state index contributed by atoms with van der Waals surface area (Å²) in [4.78, 5) is 4.62. The van der Waals surface area contributed by atoms with Crippen LogP contribution in [0.1, 0.15) is 49.8 Å². The molecule has 4 saturated carbocycles. The van der Waals surface area contributed by atoms with Crippen molar-refractivity contribution in [2.45, 2.75) is 51.6 Å². The maximum absolute atomic E-state index is 4.79. The molecule has 0 radical (unpaired) electrons. The third-order valence-electron chi connectivity index (χ3n) is 5.64. The minimum Gasteiger partial charge on any atom is -0.313 e. The van der Waals surface area contributed by atoms with E-state index in [1.54, 1.807) is 0 Å². The summed E-state index contributed by atoms with van der Waals surface area (Å²) in [6.45, 7) is 2.90. The van der Waals surface area contributed by atoms with Crippen molar-refractivity contribution in [3.05, 3.63) is 11.6 Å². The lowest BCUT2D eigenvalue weighted by atomic mass is 9.54. The normalized spacial score (nSPS) is 40.0. The molecule has 1 aromatic rings. The topological polar surface area (TPSA) is 42.7 Å². The van der Waals surface area contributed by atoms with Crippen molar-refractivity contribution in [1.29, 1.82) is 0 Å². The van der Waals surface area contributed by atoms with Gasteiger partial charge in [0.1, 0.15) is 5.82 Å². The van der Waals surface area contributed by atoms with Crippen LogP contribution in [0.4, 0.5) is 0 Å². The van der Waals surface area contributed by atoms with Crippen molar-refractivity contribution in [2.75, 3.05) is 7.05 Å². The molecule has 1 heterocycles. The first-order valence-corrected chi connectivity index (χ1v) is 7.81. The largest absolute Gasteiger partial charge is 0.313 e. The highest BCUT2D eigenvalue weighted by molar-refractivity contribution is 5.03. The van der Waals surface area contributed by atoms with Gasteiger partial charge in [0.05, 0.1) is 12.6 Å². The van der Waals surface area contributed by atoms with Crippen molar-refractivity contribution < 1.29 is 0 Å². The molecule has 5 rings (SSSR count). The number of nitrogens with one attached hydrogen (secondary N) is 1. The van der Waals surface area contributed by atoms with Crippen molar-refractivity contribution in [2.24, 2.45) is 23.7 Å². The van der Waals surface area contributed by atoms with E-state index in [0.717, 1.165) is 41.9 Å². The first-order chi connectivity index (χ1) is 9.24. The van der Waals surface area contributed by atoms with Crippen LogP contribution in [0.15, 0.2) is 0 Å². The molecule has 0 atom stereocenters. The monoisotopic (exact) mass is 260 g/mol. The number of aryl methyl sites for hydroxylation is 1. The van der Waals surface area contributed by atoms with Crippen LogP contribution in [0, 0.1) is 30.6 Å². The molecule has 4 aliphatic rings. The van der Waals surface area contributed by atoms with E-state index in [9.17, 15) is 0 Å². The number of rotatable bonds is 3. The summed E-state index contributed by atoms with van der Waals surface area (Å²) in [5, 5.41) is 7.94. The van der Waals surface area contributed by atoms with Gasteiger partial charge < -0.3 is 5.32 Å². The summed E-state index contributed by atoms with van der Waals surface area (Å²) in [6.07, 6.45) is 7.29. The van der Waals surface area contributed by atoms with Crippen molar-refractivity contribution >= 4 is 0 Å². The second-order valence-electron chi connectivity index (χ2n) is 6.97. The van der Waals surface area contributed by atoms with E-state index >= 15 is 0 Å². The SMILES string of the molecule is CNCc1nc(C)n(C2C3CC4CC(C3)CC2C4)n1. The molecule has 0 saturated heterocycles. The highest BCUT2D eigenvalue weighted by Gasteiger charge is 2.49. The van der Waals surface area contributed by atoms with Gasteiger partial charge in [-0.15, -0.1) is 0 Å². The Morgan fingerprint density at radius 1 is 1.11 bits per heavy atom. The molecule has 1 N–H and O–H groups in total. The molecule has 0 spiro atoms. The molecule has 0 amide bonds. The minimum absolute atomic E-state index is 0.644. The Morgan fingerprint density at radius 3 is 2.32 bits per heavy atom. The summed E-state index contributed by atoms with van der Waals surface area (Å²) in [5.74, 6) is 5.87. The average Bonchev–Trinajstić information content (AvgIpc) is 2.69. The molecule has 0 aromatic carbocycles. The molecule has 104 valence electrons. The fourth-order valence-electron chi connectivity index (χ4n) is 5.27. The van der Waals surface area contributed by atoms with E-state index in [0.29, 0.717) is 6.04 Å². The van der Waals surface area contributed by atoms with Crippen LogP contribution in [-0.4, -0.2) is 21.8 Å². The molecular formula is C15H24N4. The van der Waals surface area contributed by atoms with E-state index in [4.69, 9.17) is 5.10 Å². The first kappa shape index (κ1) is 11.9. The first-order valence-electron chi connectivity index (χ1n) is 7.81. The van der Waals surface area contributed by atoms with Gasteiger partial charge >= 0.3 is 0 Å². The maximum atomic E-state index is 4.79. The van der Waals surface area contributed by atoms with Crippen LogP contribution in [0.2, 0.25) is 0 Å². The Hall–Kier alpha value is -0.900. The summed E-state index contributed by atoms with van der Waals surface area (Å²) in [5.41, 5.74) is 0. The van der Waals surface area contributed by atoms with Gasteiger partial charge in [-0.1, -0.05) is 0 Å². The van der Waals surface area contributed by atoms with E-state index in [2.05, 4.69) is 21.9 Å². The zero-order chi connectivity index (χ0) is 13.0. The highest BCUT2D eigenvalue weighted by atomic mass is 15.4. The van der Waals surface area contributed by atoms with Crippen LogP contribution in [0.5, 0.6) is 0 Å². The van der Waals surface area contributed by atoms with E-state index < -0.39 is 0 Å². The molecule has 0 unspecified atom stereocenters. The Morgan fingerprint density at radius 2 is 1.74 bits per heavy atom. The molecule has 0 aliphatic heterocycles. The Balaban J connectivity index is 1.65. The second-order valence-corrected chi connectivity index (χ2v) is 6.97. The zero-order valence-corrected chi connectivity index (χ0v) is 12.0. The number of hydrogen-bond acceptors (Lipinski definition) is 3. The van der Waals surface area contributed by atoms with Crippen molar-refractivity contribution in [3.63, 3.8) is 0 Å². The number of hydrogen-bond donors (Lipinski definition) is 1. The van der Waals surface area contributed by atoms with E-state index in [1.165, 1.54) is 32.1 Å². The summed E-state index contributed by atoms with van der Waals surface area (Å²) in [7, 11) is 1.96. The van der Waals surface area contributed by atoms with Gasteiger partial charge in [-0.3, -0.25) is 0 Å². The fraction of sp³-hybridized carbons (Fsp3) is 0.867. The molecule has 4 nitrogen and oxygen atoms in total. The smallest absolute Gasteiger partial charge is 0.164 e. The Kier molecular flexibility index (Phi) is 2.69. The average molecular weight is 260 g/mol. The van der Waals surface area contributed by atoms with Gasteiger partial charge in [0.2, 0.25) is 0 Å². The fourth-order valence-corrected chi connectivity index (χ4v) is 5.27. The minimum atomic E-state index is 0.644. The van der Waals surface area contributed by atoms with Crippen molar-refractivity contribution in [3.8, 4) is 0 Å².